The normalized spacial score (nSPS) is 15.5. The zero-order valence-corrected chi connectivity index (χ0v) is 19.1. The number of aromatic nitrogens is 2. The van der Waals surface area contributed by atoms with Crippen molar-refractivity contribution in [1.82, 2.24) is 14.3 Å². The van der Waals surface area contributed by atoms with Gasteiger partial charge >= 0.3 is 5.97 Å². The molecule has 1 aliphatic rings. The van der Waals surface area contributed by atoms with E-state index in [1.165, 1.54) is 10.5 Å². The first-order valence-electron chi connectivity index (χ1n) is 11.5. The predicted molar refractivity (Wildman–Crippen MR) is 132 cm³/mol. The number of hydrogen-bond acceptors (Lipinski definition) is 5. The monoisotopic (exact) mass is 464 g/mol. The van der Waals surface area contributed by atoms with Gasteiger partial charge in [0.2, 0.25) is 0 Å². The lowest BCUT2D eigenvalue weighted by atomic mass is 9.76. The van der Waals surface area contributed by atoms with E-state index in [9.17, 15) is 20.0 Å². The molecule has 7 nitrogen and oxygen atoms in total. The highest BCUT2D eigenvalue weighted by Gasteiger charge is 2.38. The molecular weight excluding hydrogens is 440 g/mol. The van der Waals surface area contributed by atoms with Crippen LogP contribution < -0.4 is 5.56 Å². The summed E-state index contributed by atoms with van der Waals surface area (Å²) < 4.78 is 1.39. The standard InChI is InChI=1S/C28H24N4O3/c29-19-28(25-17-21(9-12-30-25)20-6-2-1-3-7-20)10-14-31(15-11-28)18-22-16-23(27(34)35)26(33)32-13-5-4-8-24(22)32/h1-9,12-13,16-17H,10-11,14-15,18H2,(H,34,35). The van der Waals surface area contributed by atoms with Crippen molar-refractivity contribution in [3.8, 4) is 17.2 Å². The van der Waals surface area contributed by atoms with Crippen molar-refractivity contribution in [3.05, 3.63) is 106 Å². The van der Waals surface area contributed by atoms with Crippen LogP contribution in [0.3, 0.4) is 0 Å². The second-order valence-corrected chi connectivity index (χ2v) is 8.92. The Kier molecular flexibility index (Phi) is 5.89. The molecule has 0 amide bonds. The van der Waals surface area contributed by atoms with Gasteiger partial charge in [0.25, 0.3) is 5.56 Å². The van der Waals surface area contributed by atoms with Gasteiger partial charge in [-0.1, -0.05) is 36.4 Å². The Hall–Kier alpha value is -4.28. The van der Waals surface area contributed by atoms with Crippen LogP contribution in [0.2, 0.25) is 0 Å². The molecule has 0 bridgehead atoms. The maximum Gasteiger partial charge on any atom is 0.341 e. The van der Waals surface area contributed by atoms with Crippen LogP contribution in [0.4, 0.5) is 0 Å². The molecule has 174 valence electrons. The fourth-order valence-corrected chi connectivity index (χ4v) is 4.86. The van der Waals surface area contributed by atoms with E-state index < -0.39 is 16.9 Å². The van der Waals surface area contributed by atoms with Gasteiger partial charge in [-0.2, -0.15) is 5.26 Å². The fourth-order valence-electron chi connectivity index (χ4n) is 4.86. The number of likely N-dealkylation sites (tertiary alicyclic amines) is 1. The molecule has 3 aromatic heterocycles. The number of piperidine rings is 1. The van der Waals surface area contributed by atoms with Gasteiger partial charge < -0.3 is 5.11 Å². The van der Waals surface area contributed by atoms with Gasteiger partial charge in [0.05, 0.1) is 17.3 Å². The minimum atomic E-state index is -1.24. The Morgan fingerprint density at radius 2 is 1.77 bits per heavy atom. The quantitative estimate of drug-likeness (QED) is 0.477. The number of hydrogen-bond donors (Lipinski definition) is 1. The summed E-state index contributed by atoms with van der Waals surface area (Å²) in [5, 5.41) is 19.7. The van der Waals surface area contributed by atoms with Crippen LogP contribution in [-0.4, -0.2) is 38.4 Å². The summed E-state index contributed by atoms with van der Waals surface area (Å²) in [7, 11) is 0. The van der Waals surface area contributed by atoms with Crippen molar-refractivity contribution < 1.29 is 9.90 Å². The Bertz CT molecular complexity index is 1500. The summed E-state index contributed by atoms with van der Waals surface area (Å²) in [6.07, 6.45) is 4.59. The number of benzene rings is 1. The van der Waals surface area contributed by atoms with Crippen LogP contribution in [-0.2, 0) is 12.0 Å². The van der Waals surface area contributed by atoms with Gasteiger partial charge in [0.15, 0.2) is 0 Å². The van der Waals surface area contributed by atoms with Crippen LogP contribution in [0.15, 0.2) is 83.9 Å². The maximum atomic E-state index is 12.6. The van der Waals surface area contributed by atoms with Gasteiger partial charge in [0, 0.05) is 32.0 Å². The molecule has 5 rings (SSSR count). The highest BCUT2D eigenvalue weighted by molar-refractivity contribution is 5.88. The summed E-state index contributed by atoms with van der Waals surface area (Å²) in [5.74, 6) is -1.24. The third-order valence-corrected chi connectivity index (χ3v) is 6.86. The minimum Gasteiger partial charge on any atom is -0.477 e. The fraction of sp³-hybridized carbons (Fsp3) is 0.214. The second-order valence-electron chi connectivity index (χ2n) is 8.92. The molecule has 0 unspecified atom stereocenters. The van der Waals surface area contributed by atoms with Crippen LogP contribution in [0, 0.1) is 11.3 Å². The van der Waals surface area contributed by atoms with E-state index in [1.54, 1.807) is 18.5 Å². The van der Waals surface area contributed by atoms with Crippen molar-refractivity contribution in [3.63, 3.8) is 0 Å². The summed E-state index contributed by atoms with van der Waals surface area (Å²) in [5.41, 5.74) is 2.91. The summed E-state index contributed by atoms with van der Waals surface area (Å²) in [4.78, 5) is 31.0. The number of carbonyl (C=O) groups is 1. The summed E-state index contributed by atoms with van der Waals surface area (Å²) >= 11 is 0. The first-order chi connectivity index (χ1) is 17.0. The maximum absolute atomic E-state index is 12.6. The second kappa shape index (κ2) is 9.16. The van der Waals surface area contributed by atoms with E-state index in [2.05, 4.69) is 16.0 Å². The first kappa shape index (κ1) is 22.5. The van der Waals surface area contributed by atoms with Crippen molar-refractivity contribution >= 4 is 11.5 Å². The lowest BCUT2D eigenvalue weighted by Gasteiger charge is -2.37. The van der Waals surface area contributed by atoms with Crippen LogP contribution >= 0.6 is 0 Å². The zero-order valence-electron chi connectivity index (χ0n) is 19.1. The Morgan fingerprint density at radius 1 is 1.03 bits per heavy atom. The van der Waals surface area contributed by atoms with Crippen LogP contribution in [0.25, 0.3) is 16.6 Å². The molecule has 4 aromatic rings. The number of nitriles is 1. The average Bonchev–Trinajstić information content (AvgIpc) is 2.91. The molecule has 0 aliphatic carbocycles. The SMILES string of the molecule is N#CC1(c2cc(-c3ccccc3)ccn2)CCN(Cc2cc(C(=O)O)c(=O)n3ccccc23)CC1. The molecule has 1 saturated heterocycles. The highest BCUT2D eigenvalue weighted by Crippen LogP contribution is 2.36. The number of aromatic carboxylic acids is 1. The lowest BCUT2D eigenvalue weighted by Crippen LogP contribution is -2.42. The third-order valence-electron chi connectivity index (χ3n) is 6.86. The van der Waals surface area contributed by atoms with E-state index >= 15 is 0 Å². The smallest absolute Gasteiger partial charge is 0.341 e. The molecule has 1 aromatic carbocycles. The molecule has 0 atom stereocenters. The molecule has 1 fully saturated rings. The van der Waals surface area contributed by atoms with Crippen molar-refractivity contribution in [1.29, 1.82) is 5.26 Å². The third kappa shape index (κ3) is 4.20. The number of nitrogens with zero attached hydrogens (tertiary/aromatic N) is 4. The average molecular weight is 465 g/mol. The molecule has 0 radical (unpaired) electrons. The van der Waals surface area contributed by atoms with Crippen molar-refractivity contribution in [2.75, 3.05) is 13.1 Å². The molecule has 7 heteroatoms. The molecule has 0 saturated carbocycles. The molecule has 1 N–H and O–H groups in total. The number of fused-ring (bicyclic) bond motifs is 1. The Balaban J connectivity index is 1.40. The van der Waals surface area contributed by atoms with E-state index in [-0.39, 0.29) is 5.56 Å². The van der Waals surface area contributed by atoms with E-state index in [1.807, 2.05) is 54.6 Å². The van der Waals surface area contributed by atoms with Crippen molar-refractivity contribution in [2.24, 2.45) is 0 Å². The topological polar surface area (TPSA) is 98.7 Å². The van der Waals surface area contributed by atoms with Gasteiger partial charge in [-0.3, -0.25) is 19.1 Å². The van der Waals surface area contributed by atoms with Gasteiger partial charge in [-0.25, -0.2) is 4.79 Å². The van der Waals surface area contributed by atoms with Gasteiger partial charge in [0.1, 0.15) is 11.0 Å². The zero-order chi connectivity index (χ0) is 24.4. The predicted octanol–water partition coefficient (Wildman–Crippen LogP) is 4.12. The lowest BCUT2D eigenvalue weighted by molar-refractivity contribution is 0.0694. The van der Waals surface area contributed by atoms with Crippen LogP contribution in [0.1, 0.15) is 34.5 Å². The number of carboxylic acids is 1. The molecule has 4 heterocycles. The van der Waals surface area contributed by atoms with E-state index in [4.69, 9.17) is 0 Å². The van der Waals surface area contributed by atoms with E-state index in [0.29, 0.717) is 38.0 Å². The highest BCUT2D eigenvalue weighted by atomic mass is 16.4. The van der Waals surface area contributed by atoms with E-state index in [0.717, 1.165) is 22.4 Å². The molecule has 0 spiro atoms. The minimum absolute atomic E-state index is 0.242. The molecule has 1 aliphatic heterocycles. The van der Waals surface area contributed by atoms with Gasteiger partial charge in [-0.05, 0) is 59.9 Å². The summed E-state index contributed by atoms with van der Waals surface area (Å²) in [6, 6.07) is 23.4. The van der Waals surface area contributed by atoms with Gasteiger partial charge in [-0.15, -0.1) is 0 Å². The summed E-state index contributed by atoms with van der Waals surface area (Å²) in [6.45, 7) is 1.81. The largest absolute Gasteiger partial charge is 0.477 e. The number of pyridine rings is 3. The van der Waals surface area contributed by atoms with Crippen LogP contribution in [0.5, 0.6) is 0 Å². The first-order valence-corrected chi connectivity index (χ1v) is 11.5. The molecular formula is C28H24N4O3. The Labute approximate surface area is 202 Å². The Morgan fingerprint density at radius 3 is 2.49 bits per heavy atom. The number of carboxylic acid groups (broad SMARTS) is 1. The number of rotatable bonds is 5. The molecule has 35 heavy (non-hydrogen) atoms. The van der Waals surface area contributed by atoms with Crippen molar-refractivity contribution in [2.45, 2.75) is 24.8 Å².